The second-order valence-electron chi connectivity index (χ2n) is 7.16. The van der Waals surface area contributed by atoms with Gasteiger partial charge in [0.1, 0.15) is 11.6 Å². The fourth-order valence-electron chi connectivity index (χ4n) is 3.85. The van der Waals surface area contributed by atoms with Crippen LogP contribution in [0.4, 0.5) is 8.78 Å². The highest BCUT2D eigenvalue weighted by Crippen LogP contribution is 2.43. The number of hydrogen-bond donors (Lipinski definition) is 0. The van der Waals surface area contributed by atoms with Crippen LogP contribution in [-0.4, -0.2) is 19.7 Å². The van der Waals surface area contributed by atoms with Gasteiger partial charge in [-0.3, -0.25) is 4.98 Å². The van der Waals surface area contributed by atoms with Gasteiger partial charge >= 0.3 is 0 Å². The summed E-state index contributed by atoms with van der Waals surface area (Å²) in [6, 6.07) is 16.5. The second-order valence-corrected chi connectivity index (χ2v) is 7.16. The minimum atomic E-state index is -0.312. The molecule has 0 aliphatic rings. The van der Waals surface area contributed by atoms with Gasteiger partial charge in [0.25, 0.3) is 0 Å². The molecule has 0 atom stereocenters. The summed E-state index contributed by atoms with van der Waals surface area (Å²) in [7, 11) is 0. The van der Waals surface area contributed by atoms with E-state index in [1.807, 2.05) is 23.7 Å². The molecule has 152 valence electrons. The summed E-state index contributed by atoms with van der Waals surface area (Å²) in [4.78, 5) is 9.11. The lowest BCUT2D eigenvalue weighted by Gasteiger charge is -2.17. The SMILES string of the molecule is CCn1ncc2c(-c3ccc(F)cc3)c(-c3ccncc3)c(-c3ccc(F)cc3)nc21. The van der Waals surface area contributed by atoms with Gasteiger partial charge in [-0.15, -0.1) is 0 Å². The van der Waals surface area contributed by atoms with Crippen molar-refractivity contribution in [2.75, 3.05) is 0 Å². The Hall–Kier alpha value is -3.93. The maximum Gasteiger partial charge on any atom is 0.159 e. The van der Waals surface area contributed by atoms with E-state index >= 15 is 0 Å². The van der Waals surface area contributed by atoms with Crippen molar-refractivity contribution in [1.82, 2.24) is 19.7 Å². The number of nitrogens with zero attached hydrogens (tertiary/aromatic N) is 4. The minimum Gasteiger partial charge on any atom is -0.265 e. The number of pyridine rings is 2. The van der Waals surface area contributed by atoms with Gasteiger partial charge in [-0.05, 0) is 66.6 Å². The summed E-state index contributed by atoms with van der Waals surface area (Å²) >= 11 is 0. The molecule has 2 aromatic carbocycles. The average Bonchev–Trinajstić information content (AvgIpc) is 3.22. The molecule has 0 unspecified atom stereocenters. The standard InChI is InChI=1S/C25H18F2N4/c1-2-31-25-21(15-29-31)22(16-3-7-19(26)8-4-16)23(17-11-13-28-14-12-17)24(30-25)18-5-9-20(27)10-6-18/h3-15H,2H2,1H3. The van der Waals surface area contributed by atoms with Crippen LogP contribution < -0.4 is 0 Å². The molecule has 0 bridgehead atoms. The molecule has 6 heteroatoms. The van der Waals surface area contributed by atoms with Crippen LogP contribution in [0, 0.1) is 11.6 Å². The summed E-state index contributed by atoms with van der Waals surface area (Å²) in [5.41, 5.74) is 5.72. The van der Waals surface area contributed by atoms with E-state index in [1.165, 1.54) is 24.3 Å². The summed E-state index contributed by atoms with van der Waals surface area (Å²) in [6.07, 6.45) is 5.24. The molecular weight excluding hydrogens is 394 g/mol. The minimum absolute atomic E-state index is 0.303. The first-order chi connectivity index (χ1) is 15.2. The maximum absolute atomic E-state index is 13.7. The topological polar surface area (TPSA) is 43.6 Å². The van der Waals surface area contributed by atoms with Crippen LogP contribution in [-0.2, 0) is 6.54 Å². The molecule has 5 rings (SSSR count). The first-order valence-electron chi connectivity index (χ1n) is 9.97. The molecule has 4 nitrogen and oxygen atoms in total. The number of hydrogen-bond acceptors (Lipinski definition) is 3. The van der Waals surface area contributed by atoms with Crippen LogP contribution in [0.2, 0.25) is 0 Å². The second kappa shape index (κ2) is 7.72. The predicted molar refractivity (Wildman–Crippen MR) is 117 cm³/mol. The van der Waals surface area contributed by atoms with Gasteiger partial charge in [-0.2, -0.15) is 5.10 Å². The highest BCUT2D eigenvalue weighted by Gasteiger charge is 2.22. The van der Waals surface area contributed by atoms with Crippen LogP contribution in [0.25, 0.3) is 44.5 Å². The monoisotopic (exact) mass is 412 g/mol. The van der Waals surface area contributed by atoms with Crippen molar-refractivity contribution >= 4 is 11.0 Å². The molecule has 0 N–H and O–H groups in total. The Morgan fingerprint density at radius 2 is 1.32 bits per heavy atom. The number of rotatable bonds is 4. The van der Waals surface area contributed by atoms with E-state index in [0.717, 1.165) is 38.9 Å². The van der Waals surface area contributed by atoms with Crippen LogP contribution in [0.5, 0.6) is 0 Å². The van der Waals surface area contributed by atoms with Gasteiger partial charge in [0.15, 0.2) is 5.65 Å². The zero-order chi connectivity index (χ0) is 21.4. The molecule has 0 aliphatic carbocycles. The first kappa shape index (κ1) is 19.1. The summed E-state index contributed by atoms with van der Waals surface area (Å²) < 4.78 is 29.2. The Morgan fingerprint density at radius 1 is 0.742 bits per heavy atom. The summed E-state index contributed by atoms with van der Waals surface area (Å²) in [5, 5.41) is 5.38. The number of halogens is 2. The molecular formula is C25H18F2N4. The van der Waals surface area contributed by atoms with Crippen molar-refractivity contribution in [2.45, 2.75) is 13.5 Å². The zero-order valence-corrected chi connectivity index (χ0v) is 16.8. The first-order valence-corrected chi connectivity index (χ1v) is 9.97. The van der Waals surface area contributed by atoms with Crippen molar-refractivity contribution in [1.29, 1.82) is 0 Å². The maximum atomic E-state index is 13.7. The summed E-state index contributed by atoms with van der Waals surface area (Å²) in [6.45, 7) is 2.65. The van der Waals surface area contributed by atoms with E-state index in [9.17, 15) is 8.78 Å². The van der Waals surface area contributed by atoms with Gasteiger partial charge in [-0.25, -0.2) is 18.4 Å². The third kappa shape index (κ3) is 3.36. The fraction of sp³-hybridized carbons (Fsp3) is 0.0800. The molecule has 31 heavy (non-hydrogen) atoms. The number of aryl methyl sites for hydroxylation is 1. The van der Waals surface area contributed by atoms with Gasteiger partial charge in [-0.1, -0.05) is 12.1 Å². The molecule has 0 amide bonds. The summed E-state index contributed by atoms with van der Waals surface area (Å²) in [5.74, 6) is -0.616. The quantitative estimate of drug-likeness (QED) is 0.357. The van der Waals surface area contributed by atoms with E-state index in [1.54, 1.807) is 42.9 Å². The van der Waals surface area contributed by atoms with Gasteiger partial charge in [0, 0.05) is 41.0 Å². The molecule has 5 aromatic rings. The van der Waals surface area contributed by atoms with Crippen molar-refractivity contribution < 1.29 is 8.78 Å². The number of aromatic nitrogens is 4. The Morgan fingerprint density at radius 3 is 1.94 bits per heavy atom. The van der Waals surface area contributed by atoms with Crippen LogP contribution in [0.15, 0.2) is 79.3 Å². The molecule has 0 saturated carbocycles. The predicted octanol–water partition coefficient (Wildman–Crippen LogP) is 6.13. The Bertz CT molecular complexity index is 1360. The molecule has 0 aliphatic heterocycles. The fourth-order valence-corrected chi connectivity index (χ4v) is 3.85. The average molecular weight is 412 g/mol. The highest BCUT2D eigenvalue weighted by molar-refractivity contribution is 6.06. The number of fused-ring (bicyclic) bond motifs is 1. The lowest BCUT2D eigenvalue weighted by atomic mass is 9.89. The lowest BCUT2D eigenvalue weighted by molar-refractivity contribution is 0.627. The largest absolute Gasteiger partial charge is 0.265 e. The molecule has 0 saturated heterocycles. The van der Waals surface area contributed by atoms with Crippen molar-refractivity contribution in [3.8, 4) is 33.5 Å². The molecule has 0 spiro atoms. The third-order valence-electron chi connectivity index (χ3n) is 5.30. The normalized spacial score (nSPS) is 11.2. The van der Waals surface area contributed by atoms with Crippen LogP contribution in [0.3, 0.4) is 0 Å². The van der Waals surface area contributed by atoms with E-state index < -0.39 is 0 Å². The van der Waals surface area contributed by atoms with Crippen LogP contribution >= 0.6 is 0 Å². The molecule has 0 radical (unpaired) electrons. The molecule has 0 fully saturated rings. The molecule has 3 heterocycles. The Labute approximate surface area is 177 Å². The zero-order valence-electron chi connectivity index (χ0n) is 16.8. The van der Waals surface area contributed by atoms with Crippen LogP contribution in [0.1, 0.15) is 6.92 Å². The van der Waals surface area contributed by atoms with Crippen molar-refractivity contribution in [2.24, 2.45) is 0 Å². The van der Waals surface area contributed by atoms with E-state index in [2.05, 4.69) is 10.1 Å². The Kier molecular flexibility index (Phi) is 4.75. The van der Waals surface area contributed by atoms with Gasteiger partial charge < -0.3 is 0 Å². The van der Waals surface area contributed by atoms with Gasteiger partial charge in [0.05, 0.1) is 11.9 Å². The van der Waals surface area contributed by atoms with E-state index in [4.69, 9.17) is 4.98 Å². The van der Waals surface area contributed by atoms with Gasteiger partial charge in [0.2, 0.25) is 0 Å². The Balaban J connectivity index is 1.95. The number of benzene rings is 2. The molecule has 3 aromatic heterocycles. The lowest BCUT2D eigenvalue weighted by Crippen LogP contribution is -2.01. The van der Waals surface area contributed by atoms with E-state index in [0.29, 0.717) is 12.2 Å². The third-order valence-corrected chi connectivity index (χ3v) is 5.30. The smallest absolute Gasteiger partial charge is 0.159 e. The highest BCUT2D eigenvalue weighted by atomic mass is 19.1. The van der Waals surface area contributed by atoms with Crippen molar-refractivity contribution in [3.05, 3.63) is 90.9 Å². The van der Waals surface area contributed by atoms with Crippen molar-refractivity contribution in [3.63, 3.8) is 0 Å². The van der Waals surface area contributed by atoms with E-state index in [-0.39, 0.29) is 11.6 Å².